The highest BCUT2D eigenvalue weighted by molar-refractivity contribution is 6.30. The quantitative estimate of drug-likeness (QED) is 0.816. The molecule has 3 N–H and O–H groups in total. The third-order valence-electron chi connectivity index (χ3n) is 5.53. The van der Waals surface area contributed by atoms with Crippen molar-refractivity contribution in [1.82, 2.24) is 14.7 Å². The number of ether oxygens (including phenoxy) is 1. The van der Waals surface area contributed by atoms with Gasteiger partial charge in [0.15, 0.2) is 0 Å². The Bertz CT molecular complexity index is 874. The second-order valence-corrected chi connectivity index (χ2v) is 7.70. The minimum atomic E-state index is -0.412. The molecule has 2 atom stereocenters. The molecule has 2 aliphatic rings. The number of hydrogen-bond donors (Lipinski definition) is 2. The van der Waals surface area contributed by atoms with Gasteiger partial charge in [0.05, 0.1) is 30.4 Å². The highest BCUT2D eigenvalue weighted by atomic mass is 35.5. The second kappa shape index (κ2) is 7.97. The van der Waals surface area contributed by atoms with Gasteiger partial charge < -0.3 is 20.7 Å². The molecule has 0 radical (unpaired) electrons. The van der Waals surface area contributed by atoms with Crippen molar-refractivity contribution >= 4 is 23.4 Å². The predicted octanol–water partition coefficient (Wildman–Crippen LogP) is 2.80. The summed E-state index contributed by atoms with van der Waals surface area (Å²) in [5.41, 5.74) is 7.32. The van der Waals surface area contributed by atoms with E-state index in [2.05, 4.69) is 10.4 Å². The molecular formula is C19H23ClFN5O2. The fraction of sp³-hybridized carbons (Fsp3) is 0.474. The van der Waals surface area contributed by atoms with E-state index in [1.54, 1.807) is 17.0 Å². The lowest BCUT2D eigenvalue weighted by Gasteiger charge is -2.32. The molecule has 7 nitrogen and oxygen atoms in total. The van der Waals surface area contributed by atoms with Gasteiger partial charge in [-0.05, 0) is 30.0 Å². The van der Waals surface area contributed by atoms with E-state index in [1.165, 1.54) is 6.07 Å². The summed E-state index contributed by atoms with van der Waals surface area (Å²) in [5.74, 6) is 0.826. The normalized spacial score (nSPS) is 22.0. The molecule has 1 fully saturated rings. The number of primary amides is 1. The summed E-state index contributed by atoms with van der Waals surface area (Å²) in [6, 6.07) is 6.42. The number of carbonyl (C=O) groups excluding carboxylic acids is 1. The second-order valence-electron chi connectivity index (χ2n) is 7.29. The van der Waals surface area contributed by atoms with Crippen molar-refractivity contribution in [3.05, 3.63) is 46.4 Å². The van der Waals surface area contributed by atoms with Crippen molar-refractivity contribution < 1.29 is 13.9 Å². The molecule has 2 aromatic rings. The van der Waals surface area contributed by atoms with Crippen LogP contribution in [0, 0.1) is 11.7 Å². The minimum Gasteiger partial charge on any atom is -0.381 e. The summed E-state index contributed by atoms with van der Waals surface area (Å²) in [6.07, 6.45) is 0.898. The molecule has 150 valence electrons. The number of nitrogens with one attached hydrogen (secondary N) is 1. The van der Waals surface area contributed by atoms with Gasteiger partial charge in [0.25, 0.3) is 0 Å². The first-order valence-corrected chi connectivity index (χ1v) is 9.76. The van der Waals surface area contributed by atoms with Gasteiger partial charge >= 0.3 is 6.03 Å². The van der Waals surface area contributed by atoms with Crippen molar-refractivity contribution in [3.8, 4) is 0 Å². The van der Waals surface area contributed by atoms with Crippen molar-refractivity contribution in [3.63, 3.8) is 0 Å². The zero-order valence-electron chi connectivity index (χ0n) is 15.4. The van der Waals surface area contributed by atoms with Crippen molar-refractivity contribution in [2.24, 2.45) is 11.7 Å². The van der Waals surface area contributed by atoms with Crippen LogP contribution in [-0.4, -0.2) is 47.0 Å². The van der Waals surface area contributed by atoms with Gasteiger partial charge in [-0.25, -0.2) is 9.18 Å². The molecule has 2 aliphatic heterocycles. The Morgan fingerprint density at radius 2 is 2.25 bits per heavy atom. The number of anilines is 1. The number of nitrogens with two attached hydrogens (primary N) is 1. The van der Waals surface area contributed by atoms with Gasteiger partial charge in [-0.15, -0.1) is 0 Å². The van der Waals surface area contributed by atoms with E-state index in [9.17, 15) is 9.18 Å². The lowest BCUT2D eigenvalue weighted by molar-refractivity contribution is 0.0505. The number of hydrogen-bond acceptors (Lipinski definition) is 4. The number of benzene rings is 1. The minimum absolute atomic E-state index is 0.135. The van der Waals surface area contributed by atoms with Crippen LogP contribution in [0.1, 0.15) is 23.6 Å². The van der Waals surface area contributed by atoms with Crippen LogP contribution in [0.4, 0.5) is 15.0 Å². The van der Waals surface area contributed by atoms with Gasteiger partial charge in [0, 0.05) is 31.7 Å². The molecule has 0 aliphatic carbocycles. The summed E-state index contributed by atoms with van der Waals surface area (Å²) in [4.78, 5) is 13.0. The maximum Gasteiger partial charge on any atom is 0.315 e. The van der Waals surface area contributed by atoms with Crippen LogP contribution in [0.2, 0.25) is 5.02 Å². The van der Waals surface area contributed by atoms with Gasteiger partial charge in [-0.1, -0.05) is 17.7 Å². The van der Waals surface area contributed by atoms with Gasteiger partial charge in [-0.3, -0.25) is 4.68 Å². The van der Waals surface area contributed by atoms with E-state index >= 15 is 0 Å². The Morgan fingerprint density at radius 3 is 3.04 bits per heavy atom. The van der Waals surface area contributed by atoms with Gasteiger partial charge in [0.2, 0.25) is 0 Å². The van der Waals surface area contributed by atoms with E-state index < -0.39 is 11.8 Å². The summed E-state index contributed by atoms with van der Waals surface area (Å²) in [7, 11) is 0. The van der Waals surface area contributed by atoms with Gasteiger partial charge in [-0.2, -0.15) is 5.10 Å². The van der Waals surface area contributed by atoms with Crippen molar-refractivity contribution in [2.45, 2.75) is 25.4 Å². The molecule has 2 amide bonds. The smallest absolute Gasteiger partial charge is 0.315 e. The standard InChI is InChI=1S/C19H23ClFN5O2/c20-16-7-12(1-2-17(16)21)15-11-28-6-3-13(15)9-23-18-8-14-10-25(19(22)27)4-5-26(14)24-18/h1-2,7-8,13,15H,3-6,9-11H2,(H2,22,27)(H,23,24). The summed E-state index contributed by atoms with van der Waals surface area (Å²) in [5, 5.41) is 8.12. The molecule has 4 rings (SSSR count). The fourth-order valence-corrected chi connectivity index (χ4v) is 4.10. The van der Waals surface area contributed by atoms with Crippen LogP contribution in [0.5, 0.6) is 0 Å². The lowest BCUT2D eigenvalue weighted by Crippen LogP contribution is -2.41. The number of carbonyl (C=O) groups is 1. The van der Waals surface area contributed by atoms with E-state index in [4.69, 9.17) is 22.1 Å². The van der Waals surface area contributed by atoms with Crippen LogP contribution in [0.15, 0.2) is 24.3 Å². The number of nitrogens with zero attached hydrogens (tertiary/aromatic N) is 3. The zero-order valence-corrected chi connectivity index (χ0v) is 16.2. The molecule has 0 bridgehead atoms. The van der Waals surface area contributed by atoms with Crippen LogP contribution >= 0.6 is 11.6 Å². The SMILES string of the molecule is NC(=O)N1CCn2nc(NCC3CCOCC3c3ccc(F)c(Cl)c3)cc2C1. The average molecular weight is 408 g/mol. The first kappa shape index (κ1) is 19.0. The fourth-order valence-electron chi connectivity index (χ4n) is 3.91. The van der Waals surface area contributed by atoms with Crippen molar-refractivity contribution in [1.29, 1.82) is 0 Å². The molecule has 0 spiro atoms. The highest BCUT2D eigenvalue weighted by Gasteiger charge is 2.28. The number of fused-ring (bicyclic) bond motifs is 1. The maximum absolute atomic E-state index is 13.5. The van der Waals surface area contributed by atoms with Crippen molar-refractivity contribution in [2.75, 3.05) is 31.6 Å². The summed E-state index contributed by atoms with van der Waals surface area (Å²) < 4.78 is 21.1. The number of urea groups is 1. The molecule has 9 heteroatoms. The lowest BCUT2D eigenvalue weighted by atomic mass is 9.83. The maximum atomic E-state index is 13.5. The Morgan fingerprint density at radius 1 is 1.39 bits per heavy atom. The monoisotopic (exact) mass is 407 g/mol. The zero-order chi connectivity index (χ0) is 19.7. The van der Waals surface area contributed by atoms with Crippen LogP contribution in [0.25, 0.3) is 0 Å². The van der Waals surface area contributed by atoms with E-state index in [0.29, 0.717) is 38.8 Å². The Hall–Kier alpha value is -2.32. The number of rotatable bonds is 4. The molecule has 1 aromatic carbocycles. The van der Waals surface area contributed by atoms with Crippen LogP contribution in [0.3, 0.4) is 0 Å². The van der Waals surface area contributed by atoms with E-state index in [-0.39, 0.29) is 10.9 Å². The number of amides is 2. The average Bonchev–Trinajstić information content (AvgIpc) is 3.11. The Balaban J connectivity index is 1.43. The molecular weight excluding hydrogens is 385 g/mol. The first-order valence-electron chi connectivity index (χ1n) is 9.39. The molecule has 3 heterocycles. The summed E-state index contributed by atoms with van der Waals surface area (Å²) in [6.45, 7) is 3.67. The Labute approximate surface area is 167 Å². The predicted molar refractivity (Wildman–Crippen MR) is 104 cm³/mol. The van der Waals surface area contributed by atoms with E-state index in [1.807, 2.05) is 10.7 Å². The summed E-state index contributed by atoms with van der Waals surface area (Å²) >= 11 is 5.96. The van der Waals surface area contributed by atoms with Crippen LogP contribution < -0.4 is 11.1 Å². The highest BCUT2D eigenvalue weighted by Crippen LogP contribution is 2.33. The molecule has 0 saturated carbocycles. The van der Waals surface area contributed by atoms with E-state index in [0.717, 1.165) is 30.0 Å². The molecule has 1 aromatic heterocycles. The first-order chi connectivity index (χ1) is 13.5. The topological polar surface area (TPSA) is 85.4 Å². The third-order valence-corrected chi connectivity index (χ3v) is 5.82. The van der Waals surface area contributed by atoms with Crippen LogP contribution in [-0.2, 0) is 17.8 Å². The molecule has 1 saturated heterocycles. The molecule has 28 heavy (non-hydrogen) atoms. The molecule has 2 unspecified atom stereocenters. The van der Waals surface area contributed by atoms with Gasteiger partial charge in [0.1, 0.15) is 11.6 Å². The third kappa shape index (κ3) is 3.93. The number of halogens is 2. The Kier molecular flexibility index (Phi) is 5.41. The largest absolute Gasteiger partial charge is 0.381 e. The number of aromatic nitrogens is 2.